The van der Waals surface area contributed by atoms with E-state index >= 15 is 0 Å². The predicted molar refractivity (Wildman–Crippen MR) is 108 cm³/mol. The topological polar surface area (TPSA) is 62.3 Å². The van der Waals surface area contributed by atoms with Gasteiger partial charge in [0.15, 0.2) is 0 Å². The second-order valence-electron chi connectivity index (χ2n) is 5.43. The van der Waals surface area contributed by atoms with Crippen molar-refractivity contribution in [3.05, 3.63) is 64.7 Å². The number of thioether (sulfide) groups is 1. The number of rotatable bonds is 5. The number of nitrogens with zero attached hydrogens (tertiary/aromatic N) is 2. The molecule has 2 amide bonds. The van der Waals surface area contributed by atoms with Gasteiger partial charge in [0, 0.05) is 13.6 Å². The number of carbonyl (C=O) groups excluding carboxylic acids is 2. The Morgan fingerprint density at radius 2 is 1.81 bits per heavy atom. The van der Waals surface area contributed by atoms with Crippen LogP contribution in [0.1, 0.15) is 25.1 Å². The van der Waals surface area contributed by atoms with E-state index in [1.165, 1.54) is 5.56 Å². The zero-order chi connectivity index (χ0) is 18.9. The van der Waals surface area contributed by atoms with E-state index in [1.807, 2.05) is 57.3 Å². The van der Waals surface area contributed by atoms with E-state index in [2.05, 4.69) is 27.3 Å². The van der Waals surface area contributed by atoms with Crippen LogP contribution >= 0.6 is 11.8 Å². The van der Waals surface area contributed by atoms with E-state index in [-0.39, 0.29) is 11.1 Å². The number of anilines is 1. The Bertz CT molecular complexity index is 791. The third-order valence-corrected chi connectivity index (χ3v) is 4.46. The van der Waals surface area contributed by atoms with Crippen molar-refractivity contribution in [1.29, 1.82) is 0 Å². The molecule has 2 heterocycles. The van der Waals surface area contributed by atoms with Gasteiger partial charge in [0.2, 0.25) is 0 Å². The second kappa shape index (κ2) is 9.77. The molecule has 0 aliphatic carbocycles. The molecular weight excluding hydrogens is 346 g/mol. The van der Waals surface area contributed by atoms with Crippen molar-refractivity contribution in [3.8, 4) is 0 Å². The summed E-state index contributed by atoms with van der Waals surface area (Å²) in [6, 6.07) is 15.9. The number of hydrogen-bond donors (Lipinski definition) is 1. The minimum absolute atomic E-state index is 0.345. The maximum atomic E-state index is 11.6. The highest BCUT2D eigenvalue weighted by atomic mass is 32.2. The third-order valence-electron chi connectivity index (χ3n) is 3.65. The quantitative estimate of drug-likeness (QED) is 0.804. The Morgan fingerprint density at radius 3 is 2.46 bits per heavy atom. The van der Waals surface area contributed by atoms with Crippen molar-refractivity contribution in [2.75, 3.05) is 18.5 Å². The molecule has 2 aromatic rings. The Hall–Kier alpha value is -2.60. The number of carbonyl (C=O) groups is 2. The Labute approximate surface area is 158 Å². The molecule has 0 radical (unpaired) electrons. The summed E-state index contributed by atoms with van der Waals surface area (Å²) in [6.45, 7) is 4.84. The van der Waals surface area contributed by atoms with Crippen LogP contribution in [0.2, 0.25) is 0 Å². The molecule has 1 fully saturated rings. The van der Waals surface area contributed by atoms with Crippen LogP contribution < -0.4 is 10.2 Å². The summed E-state index contributed by atoms with van der Waals surface area (Å²) in [7, 11) is 1.99. The van der Waals surface area contributed by atoms with Crippen molar-refractivity contribution in [2.45, 2.75) is 20.3 Å². The van der Waals surface area contributed by atoms with Gasteiger partial charge in [-0.3, -0.25) is 14.9 Å². The van der Waals surface area contributed by atoms with Crippen molar-refractivity contribution in [1.82, 2.24) is 10.3 Å². The maximum Gasteiger partial charge on any atom is 0.290 e. The fourth-order valence-corrected chi connectivity index (χ4v) is 3.01. The first-order chi connectivity index (χ1) is 12.6. The van der Waals surface area contributed by atoms with Crippen LogP contribution in [0.4, 0.5) is 10.6 Å². The summed E-state index contributed by atoms with van der Waals surface area (Å²) in [5.74, 6) is 0.463. The number of aromatic nitrogens is 1. The van der Waals surface area contributed by atoms with Gasteiger partial charge in [-0.15, -0.1) is 0 Å². The molecule has 0 bridgehead atoms. The monoisotopic (exact) mass is 369 g/mol. The fraction of sp³-hybridized carbons (Fsp3) is 0.250. The fourth-order valence-electron chi connectivity index (χ4n) is 2.34. The molecule has 26 heavy (non-hydrogen) atoms. The molecule has 6 heteroatoms. The molecule has 1 aromatic carbocycles. The molecule has 0 saturated carbocycles. The van der Waals surface area contributed by atoms with Gasteiger partial charge >= 0.3 is 0 Å². The summed E-state index contributed by atoms with van der Waals surface area (Å²) < 4.78 is 0. The lowest BCUT2D eigenvalue weighted by atomic mass is 10.1. The van der Waals surface area contributed by atoms with Gasteiger partial charge in [-0.2, -0.15) is 0 Å². The van der Waals surface area contributed by atoms with Gasteiger partial charge in [0.1, 0.15) is 5.82 Å². The smallest absolute Gasteiger partial charge is 0.290 e. The Balaban J connectivity index is 0.00000117. The lowest BCUT2D eigenvalue weighted by molar-refractivity contribution is -0.115. The summed E-state index contributed by atoms with van der Waals surface area (Å²) in [6.07, 6.45) is 2.57. The normalized spacial score (nSPS) is 14.7. The first kappa shape index (κ1) is 19.7. The summed E-state index contributed by atoms with van der Waals surface area (Å²) in [5.41, 5.74) is 1.94. The molecule has 1 N–H and O–H groups in total. The number of pyridine rings is 1. The lowest BCUT2D eigenvalue weighted by Gasteiger charge is -2.18. The molecule has 1 aromatic heterocycles. The molecular formula is C20H23N3O2S. The van der Waals surface area contributed by atoms with Crippen molar-refractivity contribution in [2.24, 2.45) is 0 Å². The van der Waals surface area contributed by atoms with Gasteiger partial charge in [-0.1, -0.05) is 50.2 Å². The van der Waals surface area contributed by atoms with Gasteiger partial charge in [-0.05, 0) is 42.0 Å². The number of imide groups is 1. The number of hydrogen-bond acceptors (Lipinski definition) is 5. The van der Waals surface area contributed by atoms with Gasteiger partial charge in [0.25, 0.3) is 11.1 Å². The maximum absolute atomic E-state index is 11.6. The average Bonchev–Trinajstić information content (AvgIpc) is 2.99. The first-order valence-corrected chi connectivity index (χ1v) is 9.40. The summed E-state index contributed by atoms with van der Waals surface area (Å²) in [4.78, 5) is 29.8. The van der Waals surface area contributed by atoms with Crippen LogP contribution in [0.15, 0.2) is 53.4 Å². The molecule has 0 atom stereocenters. The summed E-state index contributed by atoms with van der Waals surface area (Å²) in [5, 5.41) is 1.90. The van der Waals surface area contributed by atoms with Crippen LogP contribution in [0.5, 0.6) is 0 Å². The van der Waals surface area contributed by atoms with Crippen molar-refractivity contribution in [3.63, 3.8) is 0 Å². The first-order valence-electron chi connectivity index (χ1n) is 8.59. The predicted octanol–water partition coefficient (Wildman–Crippen LogP) is 4.11. The van der Waals surface area contributed by atoms with Gasteiger partial charge < -0.3 is 4.90 Å². The van der Waals surface area contributed by atoms with E-state index in [9.17, 15) is 9.59 Å². The molecule has 0 spiro atoms. The minimum atomic E-state index is -0.366. The van der Waals surface area contributed by atoms with Crippen LogP contribution in [-0.4, -0.2) is 29.7 Å². The van der Waals surface area contributed by atoms with Crippen molar-refractivity contribution < 1.29 is 9.59 Å². The molecule has 1 saturated heterocycles. The molecule has 3 rings (SSSR count). The van der Waals surface area contributed by atoms with Gasteiger partial charge in [0.05, 0.1) is 10.6 Å². The highest BCUT2D eigenvalue weighted by molar-refractivity contribution is 8.18. The van der Waals surface area contributed by atoms with Crippen LogP contribution in [0.25, 0.3) is 6.08 Å². The zero-order valence-corrected chi connectivity index (χ0v) is 16.0. The number of amides is 2. The molecule has 0 unspecified atom stereocenters. The average molecular weight is 369 g/mol. The largest absolute Gasteiger partial charge is 0.359 e. The number of nitrogens with one attached hydrogen (secondary N) is 1. The van der Waals surface area contributed by atoms with Crippen LogP contribution in [0.3, 0.4) is 0 Å². The molecule has 136 valence electrons. The zero-order valence-electron chi connectivity index (χ0n) is 15.2. The Morgan fingerprint density at radius 1 is 1.08 bits per heavy atom. The summed E-state index contributed by atoms with van der Waals surface area (Å²) >= 11 is 0.898. The lowest BCUT2D eigenvalue weighted by Crippen LogP contribution is -2.21. The minimum Gasteiger partial charge on any atom is -0.359 e. The van der Waals surface area contributed by atoms with E-state index < -0.39 is 0 Å². The highest BCUT2D eigenvalue weighted by Gasteiger charge is 2.25. The molecule has 5 nitrogen and oxygen atoms in total. The van der Waals surface area contributed by atoms with E-state index in [0.29, 0.717) is 10.6 Å². The Kier molecular flexibility index (Phi) is 7.41. The van der Waals surface area contributed by atoms with Crippen molar-refractivity contribution >= 4 is 34.8 Å². The van der Waals surface area contributed by atoms with Crippen LogP contribution in [0, 0.1) is 0 Å². The number of likely N-dealkylation sites (N-methyl/N-ethyl adjacent to an activating group) is 1. The molecule has 1 aliphatic heterocycles. The number of benzene rings is 1. The van der Waals surface area contributed by atoms with Crippen LogP contribution in [-0.2, 0) is 11.2 Å². The standard InChI is InChI=1S/C18H17N3O2S.C2H6/c1-21(11-10-13-6-3-2-4-7-13)16-9-5-8-14(19-16)12-15-17(22)20-18(23)24-15;1-2/h2-9,12H,10-11H2,1H3,(H,20,22,23);1-2H3/b15-12-;. The molecule has 1 aliphatic rings. The van der Waals surface area contributed by atoms with E-state index in [1.54, 1.807) is 6.08 Å². The van der Waals surface area contributed by atoms with E-state index in [0.717, 1.165) is 30.5 Å². The SMILES string of the molecule is CC.CN(CCc1ccccc1)c1cccc(/C=C2\SC(=O)NC2=O)n1. The van der Waals surface area contributed by atoms with E-state index in [4.69, 9.17) is 0 Å². The van der Waals surface area contributed by atoms with Gasteiger partial charge in [-0.25, -0.2) is 4.98 Å². The third kappa shape index (κ3) is 5.46. The second-order valence-corrected chi connectivity index (χ2v) is 6.44. The highest BCUT2D eigenvalue weighted by Crippen LogP contribution is 2.25.